The van der Waals surface area contributed by atoms with Gasteiger partial charge in [-0.3, -0.25) is 0 Å². The lowest BCUT2D eigenvalue weighted by molar-refractivity contribution is 0.393. The van der Waals surface area contributed by atoms with Crippen molar-refractivity contribution in [3.05, 3.63) is 35.5 Å². The lowest BCUT2D eigenvalue weighted by Crippen LogP contribution is -2.34. The third-order valence-corrected chi connectivity index (χ3v) is 5.49. The molecule has 0 radical (unpaired) electrons. The number of fused-ring (bicyclic) bond motifs is 1. The highest BCUT2D eigenvalue weighted by atomic mass is 35.5. The van der Waals surface area contributed by atoms with Gasteiger partial charge in [0.05, 0.1) is 22.9 Å². The average molecular weight is 324 g/mol. The minimum absolute atomic E-state index is 0.139. The first-order valence-electron chi connectivity index (χ1n) is 6.27. The molecule has 0 aliphatic rings. The van der Waals surface area contributed by atoms with Crippen molar-refractivity contribution in [3.8, 4) is 6.07 Å². The first-order valence-corrected chi connectivity index (χ1v) is 8.09. The molecule has 1 heterocycles. The largest absolute Gasteiger partial charge is 0.243 e. The quantitative estimate of drug-likeness (QED) is 0.811. The molecule has 0 bridgehead atoms. The van der Waals surface area contributed by atoms with E-state index in [0.717, 1.165) is 0 Å². The van der Waals surface area contributed by atoms with E-state index in [1.54, 1.807) is 31.2 Å². The lowest BCUT2D eigenvalue weighted by atomic mass is 10.2. The number of rotatable bonds is 4. The predicted molar refractivity (Wildman–Crippen MR) is 81.4 cm³/mol. The second kappa shape index (κ2) is 5.98. The van der Waals surface area contributed by atoms with Crippen LogP contribution in [0, 0.1) is 11.3 Å². The molecule has 0 saturated carbocycles. The zero-order valence-corrected chi connectivity index (χ0v) is 13.2. The van der Waals surface area contributed by atoms with Gasteiger partial charge < -0.3 is 0 Å². The van der Waals surface area contributed by atoms with Crippen LogP contribution in [0.5, 0.6) is 0 Å². The zero-order valence-electron chi connectivity index (χ0n) is 11.6. The molecule has 0 fully saturated rings. The van der Waals surface area contributed by atoms with E-state index in [0.29, 0.717) is 16.1 Å². The van der Waals surface area contributed by atoms with Gasteiger partial charge in [-0.1, -0.05) is 11.6 Å². The number of halogens is 1. The molecule has 1 aromatic heterocycles. The van der Waals surface area contributed by atoms with Crippen LogP contribution < -0.4 is 0 Å². The molecule has 1 unspecified atom stereocenters. The highest BCUT2D eigenvalue weighted by molar-refractivity contribution is 7.89. The van der Waals surface area contributed by atoms with Crippen molar-refractivity contribution in [2.75, 3.05) is 7.05 Å². The second-order valence-corrected chi connectivity index (χ2v) is 7.11. The summed E-state index contributed by atoms with van der Waals surface area (Å²) in [5.74, 6) is 0. The van der Waals surface area contributed by atoms with Crippen molar-refractivity contribution in [1.82, 2.24) is 9.29 Å². The van der Waals surface area contributed by atoms with Crippen LogP contribution in [0.1, 0.15) is 13.3 Å². The van der Waals surface area contributed by atoms with Gasteiger partial charge in [0.2, 0.25) is 10.0 Å². The SMILES string of the molecule is CC(CC#N)N(C)S(=O)(=O)c1ccc2nc(Cl)ccc2c1. The minimum Gasteiger partial charge on any atom is -0.236 e. The van der Waals surface area contributed by atoms with E-state index >= 15 is 0 Å². The Bertz CT molecular complexity index is 815. The first kappa shape index (κ1) is 15.7. The Morgan fingerprint density at radius 3 is 2.76 bits per heavy atom. The predicted octanol–water partition coefficient (Wildman–Crippen LogP) is 2.81. The number of benzene rings is 1. The van der Waals surface area contributed by atoms with Crippen LogP contribution in [0.2, 0.25) is 5.15 Å². The van der Waals surface area contributed by atoms with Gasteiger partial charge in [0.15, 0.2) is 0 Å². The van der Waals surface area contributed by atoms with Crippen molar-refractivity contribution < 1.29 is 8.42 Å². The van der Waals surface area contributed by atoms with Gasteiger partial charge in [-0.05, 0) is 37.3 Å². The summed E-state index contributed by atoms with van der Waals surface area (Å²) in [6.07, 6.45) is 0.139. The molecule has 0 N–H and O–H groups in total. The summed E-state index contributed by atoms with van der Waals surface area (Å²) in [6, 6.07) is 9.60. The smallest absolute Gasteiger partial charge is 0.236 e. The third-order valence-electron chi connectivity index (χ3n) is 3.31. The molecule has 2 rings (SSSR count). The monoisotopic (exact) mass is 323 g/mol. The van der Waals surface area contributed by atoms with E-state index in [9.17, 15) is 8.42 Å². The van der Waals surface area contributed by atoms with Crippen molar-refractivity contribution in [3.63, 3.8) is 0 Å². The molecule has 7 heteroatoms. The van der Waals surface area contributed by atoms with Crippen LogP contribution in [-0.4, -0.2) is 30.8 Å². The van der Waals surface area contributed by atoms with E-state index in [4.69, 9.17) is 16.9 Å². The minimum atomic E-state index is -3.64. The summed E-state index contributed by atoms with van der Waals surface area (Å²) in [7, 11) is -2.17. The van der Waals surface area contributed by atoms with Gasteiger partial charge in [0, 0.05) is 18.5 Å². The summed E-state index contributed by atoms with van der Waals surface area (Å²) in [4.78, 5) is 4.29. The molecule has 0 spiro atoms. The Morgan fingerprint density at radius 2 is 2.10 bits per heavy atom. The van der Waals surface area contributed by atoms with Gasteiger partial charge in [-0.2, -0.15) is 9.57 Å². The molecule has 5 nitrogen and oxygen atoms in total. The molecule has 1 atom stereocenters. The molecule has 0 amide bonds. The van der Waals surface area contributed by atoms with Crippen LogP contribution >= 0.6 is 11.6 Å². The maximum Gasteiger partial charge on any atom is 0.243 e. The summed E-state index contributed by atoms with van der Waals surface area (Å²) in [5, 5.41) is 9.75. The van der Waals surface area contributed by atoms with Crippen LogP contribution in [0.15, 0.2) is 35.2 Å². The highest BCUT2D eigenvalue weighted by Gasteiger charge is 2.25. The number of hydrogen-bond donors (Lipinski definition) is 0. The van der Waals surface area contributed by atoms with Gasteiger partial charge in [-0.15, -0.1) is 0 Å². The van der Waals surface area contributed by atoms with E-state index in [1.165, 1.54) is 17.4 Å². The summed E-state index contributed by atoms with van der Waals surface area (Å²) < 4.78 is 26.3. The maximum absolute atomic E-state index is 12.5. The molecule has 2 aromatic rings. The molecule has 0 aliphatic heterocycles. The average Bonchev–Trinajstić information content (AvgIpc) is 2.45. The van der Waals surface area contributed by atoms with Crippen LogP contribution in [0.25, 0.3) is 10.9 Å². The van der Waals surface area contributed by atoms with Crippen LogP contribution in [0.4, 0.5) is 0 Å². The molecule has 0 saturated heterocycles. The van der Waals surface area contributed by atoms with Crippen molar-refractivity contribution in [2.45, 2.75) is 24.3 Å². The molecular weight excluding hydrogens is 310 g/mol. The van der Waals surface area contributed by atoms with Crippen LogP contribution in [-0.2, 0) is 10.0 Å². The fourth-order valence-corrected chi connectivity index (χ4v) is 3.45. The van der Waals surface area contributed by atoms with E-state index in [1.807, 2.05) is 6.07 Å². The number of sulfonamides is 1. The molecular formula is C14H14ClN3O2S. The Labute approximate surface area is 128 Å². The van der Waals surface area contributed by atoms with Gasteiger partial charge >= 0.3 is 0 Å². The first-order chi connectivity index (χ1) is 9.86. The molecule has 0 aliphatic carbocycles. The number of nitriles is 1. The van der Waals surface area contributed by atoms with Crippen molar-refractivity contribution in [1.29, 1.82) is 5.26 Å². The Hall–Kier alpha value is -1.68. The second-order valence-electron chi connectivity index (χ2n) is 4.72. The fraction of sp³-hybridized carbons (Fsp3) is 0.286. The lowest BCUT2D eigenvalue weighted by Gasteiger charge is -2.22. The maximum atomic E-state index is 12.5. The topological polar surface area (TPSA) is 74.1 Å². The standard InChI is InChI=1S/C14H14ClN3O2S/c1-10(7-8-16)18(2)21(19,20)12-4-5-13-11(9-12)3-6-14(15)17-13/h3-6,9-10H,7H2,1-2H3. The number of nitrogens with zero attached hydrogens (tertiary/aromatic N) is 3. The van der Waals surface area contributed by atoms with Gasteiger partial charge in [-0.25, -0.2) is 13.4 Å². The van der Waals surface area contributed by atoms with Crippen molar-refractivity contribution >= 4 is 32.5 Å². The number of hydrogen-bond acceptors (Lipinski definition) is 4. The Morgan fingerprint density at radius 1 is 1.38 bits per heavy atom. The number of aromatic nitrogens is 1. The van der Waals surface area contributed by atoms with E-state index < -0.39 is 10.0 Å². The van der Waals surface area contributed by atoms with Crippen LogP contribution in [0.3, 0.4) is 0 Å². The van der Waals surface area contributed by atoms with Crippen molar-refractivity contribution in [2.24, 2.45) is 0 Å². The summed E-state index contributed by atoms with van der Waals surface area (Å²) in [5.41, 5.74) is 0.633. The molecule has 21 heavy (non-hydrogen) atoms. The highest BCUT2D eigenvalue weighted by Crippen LogP contribution is 2.23. The normalized spacial score (nSPS) is 13.3. The Kier molecular flexibility index (Phi) is 4.47. The molecule has 110 valence electrons. The zero-order chi connectivity index (χ0) is 15.6. The van der Waals surface area contributed by atoms with Gasteiger partial charge in [0.25, 0.3) is 0 Å². The fourth-order valence-electron chi connectivity index (χ4n) is 1.90. The summed E-state index contributed by atoms with van der Waals surface area (Å²) in [6.45, 7) is 1.70. The van der Waals surface area contributed by atoms with Gasteiger partial charge in [0.1, 0.15) is 5.15 Å². The summed E-state index contributed by atoms with van der Waals surface area (Å²) >= 11 is 5.81. The molecule has 1 aromatic carbocycles. The number of pyridine rings is 1. The Balaban J connectivity index is 2.45. The third kappa shape index (κ3) is 3.16. The van der Waals surface area contributed by atoms with E-state index in [2.05, 4.69) is 4.98 Å². The van der Waals surface area contributed by atoms with E-state index in [-0.39, 0.29) is 17.4 Å².